The number of nitrogens with zero attached hydrogens (tertiary/aromatic N) is 2. The Kier molecular flexibility index (Phi) is 5.29. The molecule has 1 aliphatic rings. The summed E-state index contributed by atoms with van der Waals surface area (Å²) in [7, 11) is 0. The molecule has 1 saturated heterocycles. The van der Waals surface area contributed by atoms with Crippen molar-refractivity contribution < 1.29 is 14.3 Å². The molecule has 1 aromatic carbocycles. The molecule has 5 nitrogen and oxygen atoms in total. The van der Waals surface area contributed by atoms with Crippen LogP contribution in [0, 0.1) is 13.8 Å². The van der Waals surface area contributed by atoms with Gasteiger partial charge in [-0.1, -0.05) is 11.6 Å². The molecule has 0 aliphatic carbocycles. The van der Waals surface area contributed by atoms with Gasteiger partial charge in [-0.25, -0.2) is 0 Å². The zero-order chi connectivity index (χ0) is 16.3. The normalized spacial score (nSPS) is 14.9. The highest BCUT2D eigenvalue weighted by Crippen LogP contribution is 2.25. The van der Waals surface area contributed by atoms with Gasteiger partial charge in [-0.05, 0) is 37.1 Å². The Labute approximate surface area is 135 Å². The van der Waals surface area contributed by atoms with Gasteiger partial charge in [-0.15, -0.1) is 0 Å². The fraction of sp³-hybridized carbons (Fsp3) is 0.500. The van der Waals surface area contributed by atoms with Gasteiger partial charge in [0.25, 0.3) is 5.91 Å². The molecule has 22 heavy (non-hydrogen) atoms. The van der Waals surface area contributed by atoms with Crippen molar-refractivity contribution in [3.8, 4) is 5.75 Å². The van der Waals surface area contributed by atoms with E-state index in [2.05, 4.69) is 0 Å². The number of hydrogen-bond acceptors (Lipinski definition) is 3. The molecule has 0 aromatic heterocycles. The third-order valence-electron chi connectivity index (χ3n) is 3.85. The molecule has 1 fully saturated rings. The quantitative estimate of drug-likeness (QED) is 0.854. The molecule has 120 valence electrons. The van der Waals surface area contributed by atoms with Crippen molar-refractivity contribution in [3.63, 3.8) is 0 Å². The lowest BCUT2D eigenvalue weighted by Crippen LogP contribution is -2.51. The van der Waals surface area contributed by atoms with Gasteiger partial charge in [0.1, 0.15) is 5.75 Å². The number of piperazine rings is 1. The van der Waals surface area contributed by atoms with Crippen LogP contribution >= 0.6 is 11.6 Å². The third-order valence-corrected chi connectivity index (χ3v) is 4.45. The minimum absolute atomic E-state index is 0.000579. The minimum Gasteiger partial charge on any atom is -0.484 e. The van der Waals surface area contributed by atoms with E-state index in [9.17, 15) is 9.59 Å². The van der Waals surface area contributed by atoms with Crippen LogP contribution in [0.5, 0.6) is 5.75 Å². The highest BCUT2D eigenvalue weighted by Gasteiger charge is 2.22. The van der Waals surface area contributed by atoms with Gasteiger partial charge in [-0.3, -0.25) is 9.59 Å². The Morgan fingerprint density at radius 2 is 1.59 bits per heavy atom. The summed E-state index contributed by atoms with van der Waals surface area (Å²) in [5, 5.41) is 0.721. The van der Waals surface area contributed by atoms with Crippen molar-refractivity contribution in [2.24, 2.45) is 0 Å². The number of benzene rings is 1. The molecule has 6 heteroatoms. The van der Waals surface area contributed by atoms with E-state index in [4.69, 9.17) is 16.3 Å². The number of ether oxygens (including phenoxy) is 1. The molecule has 1 aliphatic heterocycles. The Morgan fingerprint density at radius 1 is 1.09 bits per heavy atom. The molecule has 0 unspecified atom stereocenters. The van der Waals surface area contributed by atoms with Gasteiger partial charge in [0.05, 0.1) is 0 Å². The molecular formula is C16H21ClN2O3. The molecule has 0 bridgehead atoms. The monoisotopic (exact) mass is 324 g/mol. The number of halogens is 1. The van der Waals surface area contributed by atoms with E-state index in [0.29, 0.717) is 31.9 Å². The van der Waals surface area contributed by atoms with Crippen LogP contribution in [0.1, 0.15) is 18.1 Å². The molecule has 2 amide bonds. The van der Waals surface area contributed by atoms with E-state index in [1.807, 2.05) is 26.0 Å². The average molecular weight is 325 g/mol. The van der Waals surface area contributed by atoms with E-state index in [-0.39, 0.29) is 18.4 Å². The Balaban J connectivity index is 1.87. The molecule has 0 N–H and O–H groups in total. The van der Waals surface area contributed by atoms with Crippen molar-refractivity contribution >= 4 is 23.4 Å². The fourth-order valence-electron chi connectivity index (χ4n) is 2.50. The summed E-state index contributed by atoms with van der Waals surface area (Å²) in [6.45, 7) is 7.64. The predicted octanol–water partition coefficient (Wildman–Crippen LogP) is 2.03. The lowest BCUT2D eigenvalue weighted by atomic mass is 10.1. The Bertz CT molecular complexity index is 558. The Morgan fingerprint density at radius 3 is 2.09 bits per heavy atom. The van der Waals surface area contributed by atoms with Crippen LogP contribution in [-0.2, 0) is 9.59 Å². The summed E-state index contributed by atoms with van der Waals surface area (Å²) in [5.41, 5.74) is 1.86. The maximum absolute atomic E-state index is 12.2. The van der Waals surface area contributed by atoms with Crippen LogP contribution in [0.2, 0.25) is 5.02 Å². The summed E-state index contributed by atoms with van der Waals surface area (Å²) in [6, 6.07) is 3.66. The largest absolute Gasteiger partial charge is 0.484 e. The molecule has 0 spiro atoms. The topological polar surface area (TPSA) is 49.9 Å². The first-order chi connectivity index (χ1) is 10.4. The maximum Gasteiger partial charge on any atom is 0.260 e. The van der Waals surface area contributed by atoms with Crippen molar-refractivity contribution in [2.45, 2.75) is 20.8 Å². The maximum atomic E-state index is 12.2. The van der Waals surface area contributed by atoms with E-state index in [0.717, 1.165) is 16.1 Å². The van der Waals surface area contributed by atoms with Crippen LogP contribution in [0.3, 0.4) is 0 Å². The number of amides is 2. The predicted molar refractivity (Wildman–Crippen MR) is 85.3 cm³/mol. The molecule has 0 radical (unpaired) electrons. The molecule has 2 rings (SSSR count). The van der Waals surface area contributed by atoms with Gasteiger partial charge >= 0.3 is 0 Å². The molecule has 0 saturated carbocycles. The number of aryl methyl sites for hydroxylation is 2. The first kappa shape index (κ1) is 16.6. The van der Waals surface area contributed by atoms with Crippen LogP contribution in [0.15, 0.2) is 12.1 Å². The number of carbonyl (C=O) groups excluding carboxylic acids is 2. The van der Waals surface area contributed by atoms with Gasteiger partial charge < -0.3 is 14.5 Å². The second-order valence-electron chi connectivity index (χ2n) is 5.55. The van der Waals surface area contributed by atoms with E-state index in [1.165, 1.54) is 0 Å². The van der Waals surface area contributed by atoms with Crippen molar-refractivity contribution in [3.05, 3.63) is 28.3 Å². The SMILES string of the molecule is CC(=O)N1CCN(C(=O)COc2cc(C)c(Cl)c(C)c2)CC1. The second kappa shape index (κ2) is 7.01. The zero-order valence-electron chi connectivity index (χ0n) is 13.2. The fourth-order valence-corrected chi connectivity index (χ4v) is 2.61. The molecular weight excluding hydrogens is 304 g/mol. The van der Waals surface area contributed by atoms with Gasteiger partial charge in [-0.2, -0.15) is 0 Å². The molecule has 1 aromatic rings. The summed E-state index contributed by atoms with van der Waals surface area (Å²) in [4.78, 5) is 26.9. The summed E-state index contributed by atoms with van der Waals surface area (Å²) >= 11 is 6.11. The lowest BCUT2D eigenvalue weighted by Gasteiger charge is -2.34. The standard InChI is InChI=1S/C16H21ClN2O3/c1-11-8-14(9-12(2)16(11)17)22-10-15(21)19-6-4-18(5-7-19)13(3)20/h8-9H,4-7,10H2,1-3H3. The van der Waals surface area contributed by atoms with Gasteiger partial charge in [0, 0.05) is 38.1 Å². The minimum atomic E-state index is -0.0616. The van der Waals surface area contributed by atoms with Crippen LogP contribution < -0.4 is 4.74 Å². The van der Waals surface area contributed by atoms with Crippen molar-refractivity contribution in [1.29, 1.82) is 0 Å². The average Bonchev–Trinajstić information content (AvgIpc) is 2.50. The highest BCUT2D eigenvalue weighted by atomic mass is 35.5. The summed E-state index contributed by atoms with van der Waals surface area (Å²) in [6.07, 6.45) is 0. The summed E-state index contributed by atoms with van der Waals surface area (Å²) < 4.78 is 5.58. The smallest absolute Gasteiger partial charge is 0.260 e. The first-order valence-corrected chi connectivity index (χ1v) is 7.69. The van der Waals surface area contributed by atoms with Crippen LogP contribution in [0.25, 0.3) is 0 Å². The first-order valence-electron chi connectivity index (χ1n) is 7.31. The number of hydrogen-bond donors (Lipinski definition) is 0. The second-order valence-corrected chi connectivity index (χ2v) is 5.92. The highest BCUT2D eigenvalue weighted by molar-refractivity contribution is 6.32. The zero-order valence-corrected chi connectivity index (χ0v) is 13.9. The van der Waals surface area contributed by atoms with E-state index < -0.39 is 0 Å². The number of carbonyl (C=O) groups is 2. The van der Waals surface area contributed by atoms with Crippen molar-refractivity contribution in [2.75, 3.05) is 32.8 Å². The van der Waals surface area contributed by atoms with E-state index in [1.54, 1.807) is 16.7 Å². The number of rotatable bonds is 3. The van der Waals surface area contributed by atoms with Gasteiger partial charge in [0.15, 0.2) is 6.61 Å². The van der Waals surface area contributed by atoms with Gasteiger partial charge in [0.2, 0.25) is 5.91 Å². The lowest BCUT2D eigenvalue weighted by molar-refractivity contribution is -0.139. The van der Waals surface area contributed by atoms with Crippen LogP contribution in [0.4, 0.5) is 0 Å². The summed E-state index contributed by atoms with van der Waals surface area (Å²) in [5.74, 6) is 0.638. The Hall–Kier alpha value is -1.75. The molecule has 1 heterocycles. The van der Waals surface area contributed by atoms with Crippen LogP contribution in [-0.4, -0.2) is 54.4 Å². The third kappa shape index (κ3) is 3.91. The van der Waals surface area contributed by atoms with E-state index >= 15 is 0 Å². The van der Waals surface area contributed by atoms with Crippen molar-refractivity contribution in [1.82, 2.24) is 9.80 Å². The molecule has 0 atom stereocenters.